The Labute approximate surface area is 135 Å². The largest absolute Gasteiger partial charge is 0.465 e. The monoisotopic (exact) mass is 332 g/mol. The summed E-state index contributed by atoms with van der Waals surface area (Å²) in [5, 5.41) is 13.3. The van der Waals surface area contributed by atoms with Crippen LogP contribution in [0.4, 0.5) is 0 Å². The molecule has 1 unspecified atom stereocenters. The number of hydrogen-bond acceptors (Lipinski definition) is 7. The third-order valence-electron chi connectivity index (χ3n) is 3.48. The van der Waals surface area contributed by atoms with Crippen molar-refractivity contribution >= 4 is 28.6 Å². The Balaban J connectivity index is 2.24. The molecule has 3 heterocycles. The van der Waals surface area contributed by atoms with Crippen LogP contribution in [0.25, 0.3) is 0 Å². The lowest BCUT2D eigenvalue weighted by atomic mass is 9.90. The van der Waals surface area contributed by atoms with Gasteiger partial charge in [0.2, 0.25) is 5.88 Å². The molecule has 1 aliphatic rings. The van der Waals surface area contributed by atoms with Crippen molar-refractivity contribution in [1.82, 2.24) is 0 Å². The van der Waals surface area contributed by atoms with Crippen molar-refractivity contribution in [3.63, 3.8) is 0 Å². The van der Waals surface area contributed by atoms with Crippen LogP contribution in [0.3, 0.4) is 0 Å². The predicted molar refractivity (Wildman–Crippen MR) is 84.0 cm³/mol. The maximum absolute atomic E-state index is 12.0. The number of nitrogens with two attached hydrogens (primary N) is 1. The van der Waals surface area contributed by atoms with Gasteiger partial charge in [-0.15, -0.1) is 11.3 Å². The average Bonchev–Trinajstić information content (AvgIpc) is 3.12. The number of carbonyl (C=O) groups is 1. The normalized spacial score (nSPS) is 16.7. The Bertz CT molecular complexity index is 813. The smallest absolute Gasteiger partial charge is 0.342 e. The maximum atomic E-state index is 12.0. The Morgan fingerprint density at radius 2 is 2.32 bits per heavy atom. The van der Waals surface area contributed by atoms with Gasteiger partial charge in [0, 0.05) is 4.88 Å². The van der Waals surface area contributed by atoms with Crippen molar-refractivity contribution in [2.24, 2.45) is 5.73 Å². The fraction of sp³-hybridized carbons (Fsp3) is 0.200. The van der Waals surface area contributed by atoms with Crippen LogP contribution in [0.1, 0.15) is 31.6 Å². The molecule has 1 atom stereocenters. The fourth-order valence-corrected chi connectivity index (χ4v) is 4.39. The van der Waals surface area contributed by atoms with Gasteiger partial charge in [0.15, 0.2) is 5.75 Å². The number of allylic oxidation sites excluding steroid dienone is 1. The second-order valence-electron chi connectivity index (χ2n) is 4.70. The molecular weight excluding hydrogens is 320 g/mol. The van der Waals surface area contributed by atoms with E-state index >= 15 is 0 Å². The molecule has 2 N–H and O–H groups in total. The zero-order valence-electron chi connectivity index (χ0n) is 11.9. The number of fused-ring (bicyclic) bond motifs is 1. The van der Waals surface area contributed by atoms with Gasteiger partial charge in [-0.1, -0.05) is 0 Å². The SMILES string of the molecule is COC(=O)c1c(C)sc2c1OC(N)=C(C#N)C2c1ccsc1. The number of thiophene rings is 2. The standard InChI is InChI=1S/C15H12N2O3S2/c1-7-10(15(18)19-2)12-13(22-7)11(8-3-4-21-6-8)9(5-16)14(17)20-12/h3-4,6,11H,17H2,1-2H3. The van der Waals surface area contributed by atoms with Crippen molar-refractivity contribution in [1.29, 1.82) is 5.26 Å². The number of nitriles is 1. The van der Waals surface area contributed by atoms with E-state index < -0.39 is 5.97 Å². The summed E-state index contributed by atoms with van der Waals surface area (Å²) in [6.45, 7) is 1.82. The lowest BCUT2D eigenvalue weighted by molar-refractivity contribution is 0.0597. The first kappa shape index (κ1) is 14.6. The average molecular weight is 332 g/mol. The van der Waals surface area contributed by atoms with Crippen molar-refractivity contribution in [2.75, 3.05) is 7.11 Å². The van der Waals surface area contributed by atoms with E-state index in [1.165, 1.54) is 18.4 Å². The van der Waals surface area contributed by atoms with E-state index in [1.807, 2.05) is 23.8 Å². The third-order valence-corrected chi connectivity index (χ3v) is 5.33. The minimum atomic E-state index is -0.465. The van der Waals surface area contributed by atoms with Gasteiger partial charge in [-0.05, 0) is 29.3 Å². The topological polar surface area (TPSA) is 85.3 Å². The number of carbonyl (C=O) groups excluding carboxylic acids is 1. The summed E-state index contributed by atoms with van der Waals surface area (Å²) in [6, 6.07) is 4.08. The summed E-state index contributed by atoms with van der Waals surface area (Å²) in [4.78, 5) is 13.6. The summed E-state index contributed by atoms with van der Waals surface area (Å²) in [5.41, 5.74) is 7.62. The van der Waals surface area contributed by atoms with Crippen LogP contribution in [0, 0.1) is 18.3 Å². The van der Waals surface area contributed by atoms with Gasteiger partial charge in [-0.2, -0.15) is 16.6 Å². The second kappa shape index (κ2) is 5.48. The van der Waals surface area contributed by atoms with E-state index in [0.717, 1.165) is 15.3 Å². The van der Waals surface area contributed by atoms with E-state index in [2.05, 4.69) is 6.07 Å². The minimum Gasteiger partial charge on any atom is -0.465 e. The number of aryl methyl sites for hydroxylation is 1. The Kier molecular flexibility index (Phi) is 3.64. The third kappa shape index (κ3) is 2.08. The van der Waals surface area contributed by atoms with Gasteiger partial charge in [-0.3, -0.25) is 0 Å². The minimum absolute atomic E-state index is 0.0363. The molecule has 0 bridgehead atoms. The molecule has 0 saturated carbocycles. The molecule has 0 aromatic carbocycles. The molecule has 3 rings (SSSR count). The predicted octanol–water partition coefficient (Wildman–Crippen LogP) is 3.12. The molecule has 112 valence electrons. The molecule has 1 aliphatic heterocycles. The quantitative estimate of drug-likeness (QED) is 0.854. The zero-order chi connectivity index (χ0) is 15.9. The summed E-state index contributed by atoms with van der Waals surface area (Å²) in [5.74, 6) is -0.328. The first-order valence-electron chi connectivity index (χ1n) is 6.39. The lowest BCUT2D eigenvalue weighted by Gasteiger charge is -2.23. The summed E-state index contributed by atoms with van der Waals surface area (Å²) >= 11 is 2.97. The van der Waals surface area contributed by atoms with E-state index in [-0.39, 0.29) is 11.8 Å². The first-order valence-corrected chi connectivity index (χ1v) is 8.15. The van der Waals surface area contributed by atoms with E-state index in [9.17, 15) is 10.1 Å². The first-order chi connectivity index (χ1) is 10.6. The molecule has 22 heavy (non-hydrogen) atoms. The molecule has 2 aromatic rings. The highest BCUT2D eigenvalue weighted by atomic mass is 32.1. The molecule has 2 aromatic heterocycles. The van der Waals surface area contributed by atoms with E-state index in [1.54, 1.807) is 11.3 Å². The van der Waals surface area contributed by atoms with Crippen LogP contribution in [0.15, 0.2) is 28.3 Å². The van der Waals surface area contributed by atoms with Gasteiger partial charge in [0.25, 0.3) is 0 Å². The summed E-state index contributed by atoms with van der Waals surface area (Å²) in [7, 11) is 1.32. The number of rotatable bonds is 2. The number of ether oxygens (including phenoxy) is 2. The summed E-state index contributed by atoms with van der Waals surface area (Å²) < 4.78 is 10.4. The highest BCUT2D eigenvalue weighted by Gasteiger charge is 2.37. The van der Waals surface area contributed by atoms with Crippen LogP contribution >= 0.6 is 22.7 Å². The zero-order valence-corrected chi connectivity index (χ0v) is 13.5. The molecule has 0 fully saturated rings. The van der Waals surface area contributed by atoms with Gasteiger partial charge in [-0.25, -0.2) is 4.79 Å². The van der Waals surface area contributed by atoms with Crippen molar-refractivity contribution in [3.8, 4) is 11.8 Å². The highest BCUT2D eigenvalue weighted by Crippen LogP contribution is 2.49. The Morgan fingerprint density at radius 3 is 2.91 bits per heavy atom. The van der Waals surface area contributed by atoms with Crippen LogP contribution in [-0.2, 0) is 4.74 Å². The lowest BCUT2D eigenvalue weighted by Crippen LogP contribution is -2.20. The summed E-state index contributed by atoms with van der Waals surface area (Å²) in [6.07, 6.45) is 0. The number of esters is 1. The Hall–Kier alpha value is -2.30. The highest BCUT2D eigenvalue weighted by molar-refractivity contribution is 7.13. The number of methoxy groups -OCH3 is 1. The molecule has 7 heteroatoms. The molecule has 5 nitrogen and oxygen atoms in total. The van der Waals surface area contributed by atoms with E-state index in [4.69, 9.17) is 15.2 Å². The Morgan fingerprint density at radius 1 is 1.55 bits per heavy atom. The van der Waals surface area contributed by atoms with Crippen molar-refractivity contribution in [2.45, 2.75) is 12.8 Å². The molecule has 0 aliphatic carbocycles. The molecule has 0 spiro atoms. The molecular formula is C15H12N2O3S2. The van der Waals surface area contributed by atoms with Gasteiger partial charge >= 0.3 is 5.97 Å². The molecule has 0 saturated heterocycles. The fourth-order valence-electron chi connectivity index (χ4n) is 2.49. The molecule has 0 amide bonds. The van der Waals surface area contributed by atoms with Crippen LogP contribution in [-0.4, -0.2) is 13.1 Å². The number of hydrogen-bond donors (Lipinski definition) is 1. The van der Waals surface area contributed by atoms with Crippen LogP contribution in [0.5, 0.6) is 5.75 Å². The maximum Gasteiger partial charge on any atom is 0.342 e. The van der Waals surface area contributed by atoms with Crippen LogP contribution < -0.4 is 10.5 Å². The van der Waals surface area contributed by atoms with Gasteiger partial charge in [0.1, 0.15) is 17.2 Å². The van der Waals surface area contributed by atoms with Crippen LogP contribution in [0.2, 0.25) is 0 Å². The molecule has 0 radical (unpaired) electrons. The van der Waals surface area contributed by atoms with Crippen molar-refractivity contribution < 1.29 is 14.3 Å². The van der Waals surface area contributed by atoms with Gasteiger partial charge in [0.05, 0.1) is 17.9 Å². The van der Waals surface area contributed by atoms with E-state index in [0.29, 0.717) is 16.9 Å². The van der Waals surface area contributed by atoms with Gasteiger partial charge < -0.3 is 15.2 Å². The number of nitrogens with zero attached hydrogens (tertiary/aromatic N) is 1. The second-order valence-corrected chi connectivity index (χ2v) is 6.74. The van der Waals surface area contributed by atoms with Crippen molar-refractivity contribution in [3.05, 3.63) is 49.2 Å².